The van der Waals surface area contributed by atoms with Crippen LogP contribution in [0.1, 0.15) is 55.8 Å². The zero-order valence-electron chi connectivity index (χ0n) is 8.20. The number of hydrogen-bond donors (Lipinski definition) is 1. The lowest BCUT2D eigenvalue weighted by Crippen LogP contribution is -2.26. The minimum atomic E-state index is 0.309. The van der Waals surface area contributed by atoms with E-state index in [1.807, 2.05) is 0 Å². The lowest BCUT2D eigenvalue weighted by atomic mass is 10.1. The van der Waals surface area contributed by atoms with Crippen LogP contribution < -0.4 is 5.32 Å². The molecule has 0 spiro atoms. The van der Waals surface area contributed by atoms with Crippen LogP contribution in [0.15, 0.2) is 4.42 Å². The third-order valence-electron chi connectivity index (χ3n) is 2.99. The fraction of sp³-hybridized carbons (Fsp3) is 0.800. The van der Waals surface area contributed by atoms with Crippen LogP contribution in [0.25, 0.3) is 0 Å². The molecule has 0 radical (unpaired) electrons. The van der Waals surface area contributed by atoms with E-state index in [4.69, 9.17) is 4.42 Å². The van der Waals surface area contributed by atoms with Crippen molar-refractivity contribution in [3.63, 3.8) is 0 Å². The summed E-state index contributed by atoms with van der Waals surface area (Å²) in [4.78, 5) is 0. The van der Waals surface area contributed by atoms with Crippen molar-refractivity contribution in [1.82, 2.24) is 15.5 Å². The SMILES string of the molecule is C1CC[C@@H](c2nnc(C3CC3)o2)NC1. The maximum Gasteiger partial charge on any atom is 0.233 e. The van der Waals surface area contributed by atoms with Gasteiger partial charge in [-0.25, -0.2) is 0 Å². The minimum Gasteiger partial charge on any atom is -0.423 e. The first-order valence-corrected chi connectivity index (χ1v) is 5.50. The number of piperidine rings is 1. The van der Waals surface area contributed by atoms with E-state index < -0.39 is 0 Å². The first-order valence-electron chi connectivity index (χ1n) is 5.50. The van der Waals surface area contributed by atoms with Crippen molar-refractivity contribution in [1.29, 1.82) is 0 Å². The summed E-state index contributed by atoms with van der Waals surface area (Å²) < 4.78 is 5.66. The molecule has 0 aromatic carbocycles. The number of nitrogens with zero attached hydrogens (tertiary/aromatic N) is 2. The lowest BCUT2D eigenvalue weighted by Gasteiger charge is -2.19. The Morgan fingerprint density at radius 2 is 1.93 bits per heavy atom. The number of hydrogen-bond acceptors (Lipinski definition) is 4. The second-order valence-corrected chi connectivity index (χ2v) is 4.26. The molecule has 2 aliphatic rings. The van der Waals surface area contributed by atoms with Crippen molar-refractivity contribution in [2.45, 2.75) is 44.1 Å². The molecule has 1 aliphatic carbocycles. The Kier molecular flexibility index (Phi) is 2.01. The third kappa shape index (κ3) is 1.54. The van der Waals surface area contributed by atoms with Crippen molar-refractivity contribution in [2.75, 3.05) is 6.54 Å². The Balaban J connectivity index is 1.74. The Morgan fingerprint density at radius 1 is 1.07 bits per heavy atom. The van der Waals surface area contributed by atoms with Crippen molar-refractivity contribution in [3.05, 3.63) is 11.8 Å². The number of nitrogens with one attached hydrogen (secondary N) is 1. The molecule has 1 N–H and O–H groups in total. The van der Waals surface area contributed by atoms with Gasteiger partial charge in [-0.2, -0.15) is 0 Å². The van der Waals surface area contributed by atoms with E-state index in [-0.39, 0.29) is 0 Å². The molecule has 0 amide bonds. The summed E-state index contributed by atoms with van der Waals surface area (Å²) in [7, 11) is 0. The van der Waals surface area contributed by atoms with Gasteiger partial charge >= 0.3 is 0 Å². The Bertz CT molecular complexity index is 313. The predicted octanol–water partition coefficient (Wildman–Crippen LogP) is 1.76. The molecule has 76 valence electrons. The molecule has 1 aliphatic heterocycles. The normalized spacial score (nSPS) is 27.9. The van der Waals surface area contributed by atoms with Crippen LogP contribution >= 0.6 is 0 Å². The van der Waals surface area contributed by atoms with Crippen molar-refractivity contribution >= 4 is 0 Å². The molecule has 2 fully saturated rings. The molecule has 1 saturated heterocycles. The quantitative estimate of drug-likeness (QED) is 0.777. The molecule has 2 heterocycles. The summed E-state index contributed by atoms with van der Waals surface area (Å²) >= 11 is 0. The van der Waals surface area contributed by atoms with Gasteiger partial charge in [-0.05, 0) is 32.2 Å². The molecular weight excluding hydrogens is 178 g/mol. The van der Waals surface area contributed by atoms with E-state index in [2.05, 4.69) is 15.5 Å². The van der Waals surface area contributed by atoms with Gasteiger partial charge < -0.3 is 9.73 Å². The first kappa shape index (κ1) is 8.41. The largest absolute Gasteiger partial charge is 0.423 e. The van der Waals surface area contributed by atoms with E-state index in [1.54, 1.807) is 0 Å². The van der Waals surface area contributed by atoms with Crippen molar-refractivity contribution < 1.29 is 4.42 Å². The zero-order valence-corrected chi connectivity index (χ0v) is 8.20. The summed E-state index contributed by atoms with van der Waals surface area (Å²) in [6, 6.07) is 0.309. The fourth-order valence-electron chi connectivity index (χ4n) is 1.95. The van der Waals surface area contributed by atoms with Crippen LogP contribution in [0.3, 0.4) is 0 Å². The van der Waals surface area contributed by atoms with Crippen LogP contribution in [0, 0.1) is 0 Å². The molecule has 1 atom stereocenters. The monoisotopic (exact) mass is 193 g/mol. The zero-order chi connectivity index (χ0) is 9.38. The van der Waals surface area contributed by atoms with Gasteiger partial charge in [-0.3, -0.25) is 0 Å². The Morgan fingerprint density at radius 3 is 2.64 bits per heavy atom. The van der Waals surface area contributed by atoms with Gasteiger partial charge in [-0.1, -0.05) is 6.42 Å². The van der Waals surface area contributed by atoms with Gasteiger partial charge in [0.05, 0.1) is 6.04 Å². The summed E-state index contributed by atoms with van der Waals surface area (Å²) in [5.74, 6) is 2.22. The third-order valence-corrected chi connectivity index (χ3v) is 2.99. The van der Waals surface area contributed by atoms with E-state index in [9.17, 15) is 0 Å². The molecule has 4 nitrogen and oxygen atoms in total. The topological polar surface area (TPSA) is 51.0 Å². The van der Waals surface area contributed by atoms with Gasteiger partial charge in [0, 0.05) is 5.92 Å². The molecule has 1 saturated carbocycles. The van der Waals surface area contributed by atoms with Crippen LogP contribution in [0.5, 0.6) is 0 Å². The van der Waals surface area contributed by atoms with Crippen molar-refractivity contribution in [2.24, 2.45) is 0 Å². The summed E-state index contributed by atoms with van der Waals surface area (Å²) in [6.07, 6.45) is 6.10. The lowest BCUT2D eigenvalue weighted by molar-refractivity contribution is 0.329. The van der Waals surface area contributed by atoms with Crippen LogP contribution in [0.4, 0.5) is 0 Å². The highest BCUT2D eigenvalue weighted by molar-refractivity contribution is 5.02. The Labute approximate surface area is 83.1 Å². The van der Waals surface area contributed by atoms with Gasteiger partial charge in [-0.15, -0.1) is 10.2 Å². The highest BCUT2D eigenvalue weighted by Crippen LogP contribution is 2.39. The highest BCUT2D eigenvalue weighted by Gasteiger charge is 2.30. The van der Waals surface area contributed by atoms with Crippen molar-refractivity contribution in [3.8, 4) is 0 Å². The van der Waals surface area contributed by atoms with E-state index in [1.165, 1.54) is 25.7 Å². The van der Waals surface area contributed by atoms with Gasteiger partial charge in [0.25, 0.3) is 0 Å². The summed E-state index contributed by atoms with van der Waals surface area (Å²) in [5, 5.41) is 11.6. The smallest absolute Gasteiger partial charge is 0.233 e. The van der Waals surface area contributed by atoms with Crippen LogP contribution in [-0.4, -0.2) is 16.7 Å². The molecule has 0 unspecified atom stereocenters. The molecule has 14 heavy (non-hydrogen) atoms. The maximum atomic E-state index is 5.66. The number of aromatic nitrogens is 2. The molecular formula is C10H15N3O. The summed E-state index contributed by atoms with van der Waals surface area (Å²) in [6.45, 7) is 1.08. The predicted molar refractivity (Wildman–Crippen MR) is 50.9 cm³/mol. The summed E-state index contributed by atoms with van der Waals surface area (Å²) in [5.41, 5.74) is 0. The second kappa shape index (κ2) is 3.35. The van der Waals surface area contributed by atoms with E-state index in [0.717, 1.165) is 24.7 Å². The molecule has 3 rings (SSSR count). The molecule has 1 aromatic rings. The first-order chi connectivity index (χ1) is 6.93. The molecule has 0 bridgehead atoms. The average molecular weight is 193 g/mol. The van der Waals surface area contributed by atoms with Gasteiger partial charge in [0.2, 0.25) is 11.8 Å². The Hall–Kier alpha value is -0.900. The average Bonchev–Trinajstić information content (AvgIpc) is 2.98. The maximum absolute atomic E-state index is 5.66. The number of rotatable bonds is 2. The van der Waals surface area contributed by atoms with Crippen LogP contribution in [0.2, 0.25) is 0 Å². The van der Waals surface area contributed by atoms with Crippen LogP contribution in [-0.2, 0) is 0 Å². The molecule has 1 aromatic heterocycles. The highest BCUT2D eigenvalue weighted by atomic mass is 16.4. The standard InChI is InChI=1S/C10H15N3O/c1-2-6-11-8(3-1)10-13-12-9(14-10)7-4-5-7/h7-8,11H,1-6H2/t8-/m0/s1. The minimum absolute atomic E-state index is 0.309. The van der Waals surface area contributed by atoms with Gasteiger partial charge in [0.1, 0.15) is 0 Å². The van der Waals surface area contributed by atoms with E-state index in [0.29, 0.717) is 12.0 Å². The molecule has 4 heteroatoms. The van der Waals surface area contributed by atoms with Gasteiger partial charge in [0.15, 0.2) is 0 Å². The second-order valence-electron chi connectivity index (χ2n) is 4.26. The van der Waals surface area contributed by atoms with E-state index >= 15 is 0 Å². The fourth-order valence-corrected chi connectivity index (χ4v) is 1.95.